The van der Waals surface area contributed by atoms with Gasteiger partial charge in [0.15, 0.2) is 0 Å². The Balaban J connectivity index is 2.38. The molecular weight excluding hydrogens is 232 g/mol. The molecule has 1 aliphatic carbocycles. The van der Waals surface area contributed by atoms with E-state index in [9.17, 15) is 9.59 Å². The van der Waals surface area contributed by atoms with Gasteiger partial charge in [-0.3, -0.25) is 14.5 Å². The van der Waals surface area contributed by atoms with Crippen LogP contribution in [0.3, 0.4) is 0 Å². The van der Waals surface area contributed by atoms with Gasteiger partial charge in [0, 0.05) is 6.04 Å². The number of carbonyl (C=O) groups is 2. The van der Waals surface area contributed by atoms with Gasteiger partial charge >= 0.3 is 5.97 Å². The highest BCUT2D eigenvalue weighted by Gasteiger charge is 2.24. The number of amides is 1. The molecular formula is C13H24N2O3. The van der Waals surface area contributed by atoms with Gasteiger partial charge in [-0.25, -0.2) is 0 Å². The molecule has 1 aliphatic rings. The van der Waals surface area contributed by atoms with Crippen LogP contribution in [0.15, 0.2) is 0 Å². The van der Waals surface area contributed by atoms with E-state index >= 15 is 0 Å². The Labute approximate surface area is 109 Å². The number of aliphatic carboxylic acids is 1. The van der Waals surface area contributed by atoms with Crippen molar-refractivity contribution >= 4 is 11.9 Å². The van der Waals surface area contributed by atoms with Gasteiger partial charge in [-0.2, -0.15) is 0 Å². The van der Waals surface area contributed by atoms with Crippen molar-refractivity contribution in [2.45, 2.75) is 51.6 Å². The first-order valence-electron chi connectivity index (χ1n) is 6.64. The van der Waals surface area contributed by atoms with Gasteiger partial charge in [-0.1, -0.05) is 19.8 Å². The molecule has 2 N–H and O–H groups in total. The van der Waals surface area contributed by atoms with Gasteiger partial charge in [-0.15, -0.1) is 0 Å². The van der Waals surface area contributed by atoms with Crippen LogP contribution in [0.5, 0.6) is 0 Å². The summed E-state index contributed by atoms with van der Waals surface area (Å²) in [5, 5.41) is 11.9. The number of nitrogens with one attached hydrogen (secondary N) is 1. The molecule has 0 bridgehead atoms. The van der Waals surface area contributed by atoms with Crippen LogP contribution in [0.2, 0.25) is 0 Å². The monoisotopic (exact) mass is 256 g/mol. The summed E-state index contributed by atoms with van der Waals surface area (Å²) in [6, 6.07) is -0.390. The van der Waals surface area contributed by atoms with Gasteiger partial charge < -0.3 is 10.4 Å². The Hall–Kier alpha value is -1.10. The molecule has 0 aromatic rings. The predicted molar refractivity (Wildman–Crippen MR) is 69.3 cm³/mol. The molecule has 1 saturated carbocycles. The second-order valence-corrected chi connectivity index (χ2v) is 5.37. The van der Waals surface area contributed by atoms with Crippen molar-refractivity contribution in [3.8, 4) is 0 Å². The number of nitrogens with zero attached hydrogens (tertiary/aromatic N) is 1. The van der Waals surface area contributed by atoms with Crippen LogP contribution < -0.4 is 5.32 Å². The molecule has 1 fully saturated rings. The fourth-order valence-corrected chi connectivity index (χ4v) is 2.34. The third-order valence-corrected chi connectivity index (χ3v) is 3.87. The summed E-state index contributed by atoms with van der Waals surface area (Å²) in [5.41, 5.74) is 0. The average molecular weight is 256 g/mol. The Morgan fingerprint density at radius 1 is 1.39 bits per heavy atom. The lowest BCUT2D eigenvalue weighted by Crippen LogP contribution is -2.47. The Morgan fingerprint density at radius 3 is 2.56 bits per heavy atom. The molecule has 0 spiro atoms. The maximum Gasteiger partial charge on any atom is 0.320 e. The highest BCUT2D eigenvalue weighted by molar-refractivity contribution is 5.80. The number of rotatable bonds is 5. The summed E-state index contributed by atoms with van der Waals surface area (Å²) >= 11 is 0. The lowest BCUT2D eigenvalue weighted by Gasteiger charge is -2.30. The van der Waals surface area contributed by atoms with Gasteiger partial charge in [0.05, 0.1) is 6.54 Å². The van der Waals surface area contributed by atoms with Crippen molar-refractivity contribution in [3.63, 3.8) is 0 Å². The number of carbonyl (C=O) groups excluding carboxylic acids is 1. The number of likely N-dealkylation sites (N-methyl/N-ethyl adjacent to an activating group) is 1. The fourth-order valence-electron chi connectivity index (χ4n) is 2.34. The van der Waals surface area contributed by atoms with Crippen LogP contribution in [-0.4, -0.2) is 47.6 Å². The molecule has 0 heterocycles. The van der Waals surface area contributed by atoms with Crippen molar-refractivity contribution < 1.29 is 14.7 Å². The number of carboxylic acids is 1. The number of hydrogen-bond donors (Lipinski definition) is 2. The van der Waals surface area contributed by atoms with E-state index in [1.54, 1.807) is 18.9 Å². The largest absolute Gasteiger partial charge is 0.480 e. The lowest BCUT2D eigenvalue weighted by atomic mass is 9.86. The summed E-state index contributed by atoms with van der Waals surface area (Å²) < 4.78 is 0. The van der Waals surface area contributed by atoms with Crippen LogP contribution >= 0.6 is 0 Å². The van der Waals surface area contributed by atoms with E-state index in [2.05, 4.69) is 12.2 Å². The van der Waals surface area contributed by atoms with Crippen LogP contribution in [-0.2, 0) is 9.59 Å². The highest BCUT2D eigenvalue weighted by atomic mass is 16.4. The van der Waals surface area contributed by atoms with Crippen molar-refractivity contribution in [2.24, 2.45) is 5.92 Å². The summed E-state index contributed by atoms with van der Waals surface area (Å²) in [4.78, 5) is 24.2. The van der Waals surface area contributed by atoms with E-state index in [0.717, 1.165) is 19.3 Å². The first-order chi connectivity index (χ1) is 8.41. The standard InChI is InChI=1S/C13H24N2O3/c1-9-6-4-5-7-11(9)14-12(16)8-15(3)10(2)13(17)18/h9-11H,4-8H2,1-3H3,(H,14,16)(H,17,18). The average Bonchev–Trinajstić information content (AvgIpc) is 2.30. The topological polar surface area (TPSA) is 69.6 Å². The third-order valence-electron chi connectivity index (χ3n) is 3.87. The summed E-state index contributed by atoms with van der Waals surface area (Å²) in [7, 11) is 1.66. The molecule has 0 aliphatic heterocycles. The SMILES string of the molecule is CC1CCCCC1NC(=O)CN(C)C(C)C(=O)O. The highest BCUT2D eigenvalue weighted by Crippen LogP contribution is 2.23. The molecule has 0 aromatic carbocycles. The van der Waals surface area contributed by atoms with Crippen molar-refractivity contribution in [1.82, 2.24) is 10.2 Å². The fraction of sp³-hybridized carbons (Fsp3) is 0.846. The Bertz CT molecular complexity index is 307. The zero-order valence-electron chi connectivity index (χ0n) is 11.5. The summed E-state index contributed by atoms with van der Waals surface area (Å²) in [5.74, 6) is -0.467. The van der Waals surface area contributed by atoms with Gasteiger partial charge in [0.25, 0.3) is 0 Å². The maximum atomic E-state index is 11.8. The number of carboxylic acid groups (broad SMARTS) is 1. The molecule has 3 unspecified atom stereocenters. The van der Waals surface area contributed by atoms with E-state index in [1.807, 2.05) is 0 Å². The zero-order valence-corrected chi connectivity index (χ0v) is 11.5. The molecule has 0 saturated heterocycles. The Kier molecular flexibility index (Phi) is 5.59. The van der Waals surface area contributed by atoms with E-state index in [0.29, 0.717) is 5.92 Å². The van der Waals surface area contributed by atoms with Crippen molar-refractivity contribution in [2.75, 3.05) is 13.6 Å². The van der Waals surface area contributed by atoms with Crippen molar-refractivity contribution in [3.05, 3.63) is 0 Å². The number of hydrogen-bond acceptors (Lipinski definition) is 3. The van der Waals surface area contributed by atoms with Crippen molar-refractivity contribution in [1.29, 1.82) is 0 Å². The van der Waals surface area contributed by atoms with E-state index < -0.39 is 12.0 Å². The van der Waals surface area contributed by atoms with Crippen LogP contribution in [0, 0.1) is 5.92 Å². The summed E-state index contributed by atoms with van der Waals surface area (Å²) in [6.45, 7) is 3.88. The van der Waals surface area contributed by atoms with Gasteiger partial charge in [-0.05, 0) is 32.7 Å². The normalized spacial score (nSPS) is 25.8. The molecule has 3 atom stereocenters. The maximum absolute atomic E-state index is 11.8. The minimum absolute atomic E-state index is 0.0793. The molecule has 1 rings (SSSR count). The van der Waals surface area contributed by atoms with E-state index in [-0.39, 0.29) is 18.5 Å². The minimum atomic E-state index is -0.906. The second-order valence-electron chi connectivity index (χ2n) is 5.37. The van der Waals surface area contributed by atoms with Crippen LogP contribution in [0.4, 0.5) is 0 Å². The van der Waals surface area contributed by atoms with Crippen LogP contribution in [0.1, 0.15) is 39.5 Å². The molecule has 18 heavy (non-hydrogen) atoms. The lowest BCUT2D eigenvalue weighted by molar-refractivity contribution is -0.142. The first kappa shape index (κ1) is 15.0. The molecule has 1 amide bonds. The van der Waals surface area contributed by atoms with Crippen LogP contribution in [0.25, 0.3) is 0 Å². The smallest absolute Gasteiger partial charge is 0.320 e. The Morgan fingerprint density at radius 2 is 2.00 bits per heavy atom. The van der Waals surface area contributed by atoms with Gasteiger partial charge in [0.1, 0.15) is 6.04 Å². The predicted octanol–water partition coefficient (Wildman–Crippen LogP) is 1.09. The third kappa shape index (κ3) is 4.29. The molecule has 5 nitrogen and oxygen atoms in total. The van der Waals surface area contributed by atoms with E-state index in [1.165, 1.54) is 6.42 Å². The second kappa shape index (κ2) is 6.73. The molecule has 104 valence electrons. The molecule has 5 heteroatoms. The molecule has 0 aromatic heterocycles. The first-order valence-corrected chi connectivity index (χ1v) is 6.64. The minimum Gasteiger partial charge on any atom is -0.480 e. The quantitative estimate of drug-likeness (QED) is 0.772. The van der Waals surface area contributed by atoms with Gasteiger partial charge in [0.2, 0.25) is 5.91 Å². The van der Waals surface area contributed by atoms with E-state index in [4.69, 9.17) is 5.11 Å². The summed E-state index contributed by atoms with van der Waals surface area (Å²) in [6.07, 6.45) is 4.59. The molecule has 0 radical (unpaired) electrons. The zero-order chi connectivity index (χ0) is 13.7.